The van der Waals surface area contributed by atoms with Gasteiger partial charge in [0.1, 0.15) is 0 Å². The van der Waals surface area contributed by atoms with E-state index in [0.717, 1.165) is 24.5 Å². The van der Waals surface area contributed by atoms with E-state index in [1.807, 2.05) is 34.9 Å². The van der Waals surface area contributed by atoms with E-state index in [0.29, 0.717) is 6.54 Å². The minimum atomic E-state index is 0.0643. The highest BCUT2D eigenvalue weighted by atomic mass is 32.2. The number of carbonyl (C=O) groups is 1. The third-order valence-corrected chi connectivity index (χ3v) is 6.28. The van der Waals surface area contributed by atoms with Gasteiger partial charge in [-0.1, -0.05) is 42.5 Å². The summed E-state index contributed by atoms with van der Waals surface area (Å²) in [6.45, 7) is 6.19. The standard InChI is InChI=1S/C22H26N2O2S/c1-16-12-23(13-17(2)26-16)14-22(25)24-19-10-6-7-11-21(19)27-15-20(24)18-8-4-3-5-9-18/h3-11,16-17,20H,12-15H2,1-2H3/t16-,17-,20+/m0/s1. The average molecular weight is 383 g/mol. The van der Waals surface area contributed by atoms with Crippen molar-refractivity contribution in [2.45, 2.75) is 37.0 Å². The number of rotatable bonds is 3. The molecule has 142 valence electrons. The number of para-hydroxylation sites is 1. The average Bonchev–Trinajstić information content (AvgIpc) is 2.67. The molecule has 0 radical (unpaired) electrons. The van der Waals surface area contributed by atoms with Gasteiger partial charge in [0.15, 0.2) is 0 Å². The van der Waals surface area contributed by atoms with E-state index in [1.165, 1.54) is 10.5 Å². The lowest BCUT2D eigenvalue weighted by atomic mass is 10.0. The van der Waals surface area contributed by atoms with Gasteiger partial charge >= 0.3 is 0 Å². The molecule has 3 atom stereocenters. The Morgan fingerprint density at radius 1 is 1.04 bits per heavy atom. The molecule has 0 saturated carbocycles. The third-order valence-electron chi connectivity index (χ3n) is 5.14. The Bertz CT molecular complexity index is 788. The monoisotopic (exact) mass is 382 g/mol. The van der Waals surface area contributed by atoms with Crippen molar-refractivity contribution in [2.24, 2.45) is 0 Å². The molecule has 5 heteroatoms. The number of thioether (sulfide) groups is 1. The molecule has 2 heterocycles. The molecule has 2 aliphatic rings. The number of amides is 1. The van der Waals surface area contributed by atoms with E-state index in [4.69, 9.17) is 4.74 Å². The number of nitrogens with zero attached hydrogens (tertiary/aromatic N) is 2. The quantitative estimate of drug-likeness (QED) is 0.804. The van der Waals surface area contributed by atoms with Gasteiger partial charge in [-0.05, 0) is 31.5 Å². The van der Waals surface area contributed by atoms with Crippen LogP contribution in [0.15, 0.2) is 59.5 Å². The first-order chi connectivity index (χ1) is 13.1. The van der Waals surface area contributed by atoms with E-state index in [2.05, 4.69) is 55.1 Å². The van der Waals surface area contributed by atoms with Gasteiger partial charge in [-0.3, -0.25) is 9.69 Å². The summed E-state index contributed by atoms with van der Waals surface area (Å²) in [4.78, 5) is 18.9. The lowest BCUT2D eigenvalue weighted by Gasteiger charge is -2.40. The first kappa shape index (κ1) is 18.5. The maximum atomic E-state index is 13.5. The molecular weight excluding hydrogens is 356 g/mol. The number of hydrogen-bond acceptors (Lipinski definition) is 4. The van der Waals surface area contributed by atoms with Crippen molar-refractivity contribution in [1.29, 1.82) is 0 Å². The molecule has 4 nitrogen and oxygen atoms in total. The zero-order chi connectivity index (χ0) is 18.8. The lowest BCUT2D eigenvalue weighted by molar-refractivity contribution is -0.124. The van der Waals surface area contributed by atoms with Gasteiger partial charge in [0.25, 0.3) is 0 Å². The Morgan fingerprint density at radius 2 is 1.70 bits per heavy atom. The van der Waals surface area contributed by atoms with Crippen molar-refractivity contribution >= 4 is 23.4 Å². The lowest BCUT2D eigenvalue weighted by Crippen LogP contribution is -2.51. The van der Waals surface area contributed by atoms with Crippen LogP contribution < -0.4 is 4.90 Å². The SMILES string of the molecule is C[C@H]1CN(CC(=O)N2c3ccccc3SC[C@@H]2c2ccccc2)C[C@H](C)O1. The van der Waals surface area contributed by atoms with E-state index in [-0.39, 0.29) is 24.2 Å². The summed E-state index contributed by atoms with van der Waals surface area (Å²) in [6, 6.07) is 18.7. The molecule has 0 aliphatic carbocycles. The van der Waals surface area contributed by atoms with Crippen LogP contribution in [0.2, 0.25) is 0 Å². The number of fused-ring (bicyclic) bond motifs is 1. The second kappa shape index (κ2) is 8.05. The van der Waals surface area contributed by atoms with Gasteiger partial charge in [0.2, 0.25) is 5.91 Å². The van der Waals surface area contributed by atoms with Crippen LogP contribution in [0.25, 0.3) is 0 Å². The van der Waals surface area contributed by atoms with Crippen LogP contribution in [0.4, 0.5) is 5.69 Å². The van der Waals surface area contributed by atoms with E-state index in [9.17, 15) is 4.79 Å². The number of hydrogen-bond donors (Lipinski definition) is 0. The van der Waals surface area contributed by atoms with Crippen molar-refractivity contribution in [3.8, 4) is 0 Å². The molecule has 2 aliphatic heterocycles. The molecule has 4 rings (SSSR count). The predicted octanol–water partition coefficient (Wildman–Crippen LogP) is 3.98. The number of morpholine rings is 1. The fraction of sp³-hybridized carbons (Fsp3) is 0.409. The minimum absolute atomic E-state index is 0.0643. The number of benzene rings is 2. The maximum absolute atomic E-state index is 13.5. The Morgan fingerprint density at radius 3 is 2.44 bits per heavy atom. The highest BCUT2D eigenvalue weighted by Gasteiger charge is 2.34. The van der Waals surface area contributed by atoms with Crippen LogP contribution in [0.5, 0.6) is 0 Å². The molecule has 0 unspecified atom stereocenters. The largest absolute Gasteiger partial charge is 0.373 e. The fourth-order valence-electron chi connectivity index (χ4n) is 4.10. The topological polar surface area (TPSA) is 32.8 Å². The summed E-state index contributed by atoms with van der Waals surface area (Å²) in [5, 5.41) is 0. The number of carbonyl (C=O) groups excluding carboxylic acids is 1. The summed E-state index contributed by atoms with van der Waals surface area (Å²) >= 11 is 1.83. The summed E-state index contributed by atoms with van der Waals surface area (Å²) < 4.78 is 5.82. The van der Waals surface area contributed by atoms with E-state index < -0.39 is 0 Å². The minimum Gasteiger partial charge on any atom is -0.373 e. The molecule has 1 fully saturated rings. The van der Waals surface area contributed by atoms with Crippen LogP contribution in [0, 0.1) is 0 Å². The second-order valence-electron chi connectivity index (χ2n) is 7.42. The normalized spacial score (nSPS) is 25.9. The van der Waals surface area contributed by atoms with Crippen LogP contribution in [0.3, 0.4) is 0 Å². The van der Waals surface area contributed by atoms with Gasteiger partial charge in [0, 0.05) is 23.7 Å². The molecule has 0 spiro atoms. The van der Waals surface area contributed by atoms with Crippen LogP contribution in [-0.2, 0) is 9.53 Å². The Labute approximate surface area is 165 Å². The Kier molecular flexibility index (Phi) is 5.53. The van der Waals surface area contributed by atoms with Crippen LogP contribution in [-0.4, -0.2) is 48.4 Å². The Balaban J connectivity index is 1.62. The molecule has 1 amide bonds. The summed E-state index contributed by atoms with van der Waals surface area (Å²) in [5.41, 5.74) is 2.22. The van der Waals surface area contributed by atoms with Gasteiger partial charge in [-0.15, -0.1) is 11.8 Å². The highest BCUT2D eigenvalue weighted by Crippen LogP contribution is 2.43. The smallest absolute Gasteiger partial charge is 0.241 e. The van der Waals surface area contributed by atoms with E-state index >= 15 is 0 Å². The fourth-order valence-corrected chi connectivity index (χ4v) is 5.27. The van der Waals surface area contributed by atoms with Gasteiger partial charge in [-0.25, -0.2) is 0 Å². The van der Waals surface area contributed by atoms with Crippen molar-refractivity contribution in [3.05, 3.63) is 60.2 Å². The van der Waals surface area contributed by atoms with Crippen LogP contribution >= 0.6 is 11.8 Å². The molecule has 0 bridgehead atoms. The number of anilines is 1. The molecule has 2 aromatic carbocycles. The van der Waals surface area contributed by atoms with Gasteiger partial charge in [-0.2, -0.15) is 0 Å². The van der Waals surface area contributed by atoms with Gasteiger partial charge < -0.3 is 9.64 Å². The van der Waals surface area contributed by atoms with Crippen LogP contribution in [0.1, 0.15) is 25.5 Å². The second-order valence-corrected chi connectivity index (χ2v) is 8.48. The van der Waals surface area contributed by atoms with Crippen molar-refractivity contribution in [1.82, 2.24) is 4.90 Å². The maximum Gasteiger partial charge on any atom is 0.241 e. The zero-order valence-electron chi connectivity index (χ0n) is 15.9. The first-order valence-corrected chi connectivity index (χ1v) is 10.6. The van der Waals surface area contributed by atoms with Crippen molar-refractivity contribution in [2.75, 3.05) is 30.3 Å². The summed E-state index contributed by atoms with van der Waals surface area (Å²) in [7, 11) is 0. The van der Waals surface area contributed by atoms with Crippen molar-refractivity contribution < 1.29 is 9.53 Å². The molecule has 0 N–H and O–H groups in total. The summed E-state index contributed by atoms with van der Waals surface area (Å²) in [5.74, 6) is 1.04. The highest BCUT2D eigenvalue weighted by molar-refractivity contribution is 7.99. The molecular formula is C22H26N2O2S. The first-order valence-electron chi connectivity index (χ1n) is 9.58. The van der Waals surface area contributed by atoms with E-state index in [1.54, 1.807) is 0 Å². The molecule has 0 aromatic heterocycles. The predicted molar refractivity (Wildman–Crippen MR) is 110 cm³/mol. The number of ether oxygens (including phenoxy) is 1. The molecule has 27 heavy (non-hydrogen) atoms. The Hall–Kier alpha value is -1.82. The van der Waals surface area contributed by atoms with Gasteiger partial charge in [0.05, 0.1) is 30.5 Å². The van der Waals surface area contributed by atoms with Crippen molar-refractivity contribution in [3.63, 3.8) is 0 Å². The summed E-state index contributed by atoms with van der Waals surface area (Å²) in [6.07, 6.45) is 0.325. The molecule has 2 aromatic rings. The third kappa shape index (κ3) is 4.05. The zero-order valence-corrected chi connectivity index (χ0v) is 16.7. The molecule has 1 saturated heterocycles.